The van der Waals surface area contributed by atoms with E-state index < -0.39 is 0 Å². The molecule has 0 saturated heterocycles. The highest BCUT2D eigenvalue weighted by Crippen LogP contribution is 2.34. The molecular formula is C22H22N6O2. The minimum atomic E-state index is -0.0826. The van der Waals surface area contributed by atoms with Crippen molar-refractivity contribution in [2.75, 3.05) is 25.9 Å². The van der Waals surface area contributed by atoms with Crippen molar-refractivity contribution in [2.24, 2.45) is 0 Å². The third-order valence-electron chi connectivity index (χ3n) is 4.59. The summed E-state index contributed by atoms with van der Waals surface area (Å²) in [6, 6.07) is 13.1. The SMILES string of the molecule is CNCCOc1ccc(-c2nc(-c3cnc(N)c(O)c3)c(-c3ccncc3)[nH]2)cc1. The van der Waals surface area contributed by atoms with Crippen LogP contribution in [0.15, 0.2) is 61.1 Å². The molecule has 8 heteroatoms. The van der Waals surface area contributed by atoms with Gasteiger partial charge in [-0.05, 0) is 49.5 Å². The van der Waals surface area contributed by atoms with Crippen LogP contribution in [0.25, 0.3) is 33.9 Å². The van der Waals surface area contributed by atoms with Crippen LogP contribution in [0.4, 0.5) is 5.82 Å². The van der Waals surface area contributed by atoms with Crippen molar-refractivity contribution in [1.29, 1.82) is 0 Å². The van der Waals surface area contributed by atoms with E-state index in [1.165, 1.54) is 0 Å². The first-order valence-corrected chi connectivity index (χ1v) is 9.49. The van der Waals surface area contributed by atoms with Gasteiger partial charge in [-0.15, -0.1) is 0 Å². The Balaban J connectivity index is 1.73. The second kappa shape index (κ2) is 8.62. The van der Waals surface area contributed by atoms with E-state index in [0.29, 0.717) is 23.7 Å². The third kappa shape index (κ3) is 4.08. The van der Waals surface area contributed by atoms with Gasteiger partial charge in [0.05, 0.1) is 11.4 Å². The third-order valence-corrected chi connectivity index (χ3v) is 4.59. The number of rotatable bonds is 7. The number of nitrogens with two attached hydrogens (primary N) is 1. The highest BCUT2D eigenvalue weighted by Gasteiger charge is 2.17. The van der Waals surface area contributed by atoms with Crippen LogP contribution in [0.1, 0.15) is 0 Å². The lowest BCUT2D eigenvalue weighted by Crippen LogP contribution is -2.15. The summed E-state index contributed by atoms with van der Waals surface area (Å²) in [6.07, 6.45) is 5.03. The maximum Gasteiger partial charge on any atom is 0.165 e. The minimum absolute atomic E-state index is 0.0776. The van der Waals surface area contributed by atoms with E-state index in [0.717, 1.165) is 29.1 Å². The van der Waals surface area contributed by atoms with Crippen molar-refractivity contribution >= 4 is 5.82 Å². The molecule has 0 radical (unpaired) electrons. The Morgan fingerprint density at radius 3 is 2.53 bits per heavy atom. The van der Waals surface area contributed by atoms with Crippen LogP contribution in [0.5, 0.6) is 11.5 Å². The van der Waals surface area contributed by atoms with E-state index in [1.807, 2.05) is 43.4 Å². The molecule has 8 nitrogen and oxygen atoms in total. The number of imidazole rings is 1. The largest absolute Gasteiger partial charge is 0.504 e. The second-order valence-corrected chi connectivity index (χ2v) is 6.65. The van der Waals surface area contributed by atoms with Crippen LogP contribution >= 0.6 is 0 Å². The van der Waals surface area contributed by atoms with E-state index in [2.05, 4.69) is 20.3 Å². The molecule has 5 N–H and O–H groups in total. The Bertz CT molecular complexity index is 1130. The number of benzene rings is 1. The molecule has 30 heavy (non-hydrogen) atoms. The van der Waals surface area contributed by atoms with E-state index in [9.17, 15) is 5.11 Å². The van der Waals surface area contributed by atoms with E-state index in [1.54, 1.807) is 24.7 Å². The Morgan fingerprint density at radius 2 is 1.83 bits per heavy atom. The van der Waals surface area contributed by atoms with Crippen LogP contribution in [0.2, 0.25) is 0 Å². The van der Waals surface area contributed by atoms with Crippen molar-refractivity contribution < 1.29 is 9.84 Å². The lowest BCUT2D eigenvalue weighted by molar-refractivity contribution is 0.318. The first-order valence-electron chi connectivity index (χ1n) is 9.49. The Morgan fingerprint density at radius 1 is 1.07 bits per heavy atom. The van der Waals surface area contributed by atoms with Gasteiger partial charge in [0, 0.05) is 41.8 Å². The normalized spacial score (nSPS) is 10.8. The fraction of sp³-hybridized carbons (Fsp3) is 0.136. The minimum Gasteiger partial charge on any atom is -0.504 e. The number of aromatic hydroxyl groups is 1. The summed E-state index contributed by atoms with van der Waals surface area (Å²) in [7, 11) is 1.89. The first kappa shape index (κ1) is 19.4. The van der Waals surface area contributed by atoms with Crippen molar-refractivity contribution in [3.63, 3.8) is 0 Å². The van der Waals surface area contributed by atoms with Crippen LogP contribution in [0.3, 0.4) is 0 Å². The van der Waals surface area contributed by atoms with Gasteiger partial charge in [-0.3, -0.25) is 4.98 Å². The summed E-state index contributed by atoms with van der Waals surface area (Å²) in [5.41, 5.74) is 9.60. The van der Waals surface area contributed by atoms with Gasteiger partial charge in [0.1, 0.15) is 18.2 Å². The van der Waals surface area contributed by atoms with Crippen molar-refractivity contribution in [1.82, 2.24) is 25.3 Å². The van der Waals surface area contributed by atoms with Crippen molar-refractivity contribution in [3.05, 3.63) is 61.1 Å². The lowest BCUT2D eigenvalue weighted by Gasteiger charge is -2.06. The fourth-order valence-corrected chi connectivity index (χ4v) is 3.02. The number of ether oxygens (including phenoxy) is 1. The zero-order valence-corrected chi connectivity index (χ0v) is 16.5. The number of aromatic nitrogens is 4. The highest BCUT2D eigenvalue weighted by molar-refractivity contribution is 5.81. The number of hydrogen-bond donors (Lipinski definition) is 4. The summed E-state index contributed by atoms with van der Waals surface area (Å²) in [5.74, 6) is 1.48. The maximum absolute atomic E-state index is 10.0. The summed E-state index contributed by atoms with van der Waals surface area (Å²) >= 11 is 0. The maximum atomic E-state index is 10.0. The smallest absolute Gasteiger partial charge is 0.165 e. The predicted octanol–water partition coefficient (Wildman–Crippen LogP) is 3.09. The van der Waals surface area contributed by atoms with Gasteiger partial charge < -0.3 is 25.9 Å². The average molecular weight is 402 g/mol. The molecule has 0 saturated carbocycles. The molecule has 3 heterocycles. The van der Waals surface area contributed by atoms with Crippen molar-refractivity contribution in [3.8, 4) is 45.4 Å². The molecule has 0 atom stereocenters. The first-order chi connectivity index (χ1) is 14.7. The standard InChI is InChI=1S/C22H22N6O2/c1-24-10-11-30-17-4-2-15(3-5-17)22-27-19(14-6-8-25-9-7-14)20(28-22)16-12-18(29)21(23)26-13-16/h2-9,12-13,24,29H,10-11H2,1H3,(H2,23,26)(H,27,28). The van der Waals surface area contributed by atoms with Gasteiger partial charge in [0.25, 0.3) is 0 Å². The molecule has 0 bridgehead atoms. The molecule has 0 amide bonds. The molecular weight excluding hydrogens is 380 g/mol. The molecule has 4 rings (SSSR count). The summed E-state index contributed by atoms with van der Waals surface area (Å²) in [4.78, 5) is 16.3. The second-order valence-electron chi connectivity index (χ2n) is 6.65. The highest BCUT2D eigenvalue weighted by atomic mass is 16.5. The fourth-order valence-electron chi connectivity index (χ4n) is 3.02. The van der Waals surface area contributed by atoms with E-state index >= 15 is 0 Å². The zero-order chi connectivity index (χ0) is 20.9. The zero-order valence-electron chi connectivity index (χ0n) is 16.5. The van der Waals surface area contributed by atoms with Crippen molar-refractivity contribution in [2.45, 2.75) is 0 Å². The Kier molecular flexibility index (Phi) is 5.58. The van der Waals surface area contributed by atoms with E-state index in [-0.39, 0.29) is 11.6 Å². The molecule has 0 aliphatic rings. The molecule has 3 aromatic heterocycles. The monoisotopic (exact) mass is 402 g/mol. The number of likely N-dealkylation sites (N-methyl/N-ethyl adjacent to an activating group) is 1. The number of nitrogen functional groups attached to an aromatic ring is 1. The lowest BCUT2D eigenvalue weighted by atomic mass is 10.1. The van der Waals surface area contributed by atoms with E-state index in [4.69, 9.17) is 15.5 Å². The number of aromatic amines is 1. The van der Waals surface area contributed by atoms with Gasteiger partial charge in [0.2, 0.25) is 0 Å². The van der Waals surface area contributed by atoms with Gasteiger partial charge in [0.15, 0.2) is 11.6 Å². The molecule has 0 aliphatic carbocycles. The molecule has 0 aliphatic heterocycles. The molecule has 0 unspecified atom stereocenters. The number of hydrogen-bond acceptors (Lipinski definition) is 7. The quantitative estimate of drug-likeness (QED) is 0.350. The molecule has 1 aromatic carbocycles. The van der Waals surface area contributed by atoms with Gasteiger partial charge in [-0.2, -0.15) is 0 Å². The Hall–Kier alpha value is -3.91. The number of anilines is 1. The number of nitrogens with zero attached hydrogens (tertiary/aromatic N) is 3. The molecule has 4 aromatic rings. The Labute approximate surface area is 173 Å². The van der Waals surface area contributed by atoms with Gasteiger partial charge >= 0.3 is 0 Å². The van der Waals surface area contributed by atoms with Crippen LogP contribution in [-0.4, -0.2) is 45.2 Å². The van der Waals surface area contributed by atoms with Gasteiger partial charge in [-0.1, -0.05) is 0 Å². The van der Waals surface area contributed by atoms with Crippen LogP contribution in [0, 0.1) is 0 Å². The summed E-state index contributed by atoms with van der Waals surface area (Å²) in [5, 5.41) is 13.1. The van der Waals surface area contributed by atoms with Crippen LogP contribution in [-0.2, 0) is 0 Å². The average Bonchev–Trinajstić information content (AvgIpc) is 3.22. The number of pyridine rings is 2. The topological polar surface area (TPSA) is 122 Å². The number of H-pyrrole nitrogens is 1. The van der Waals surface area contributed by atoms with Gasteiger partial charge in [-0.25, -0.2) is 9.97 Å². The molecule has 0 fully saturated rings. The summed E-state index contributed by atoms with van der Waals surface area (Å²) < 4.78 is 5.68. The van der Waals surface area contributed by atoms with Crippen LogP contribution < -0.4 is 15.8 Å². The molecule has 152 valence electrons. The predicted molar refractivity (Wildman–Crippen MR) is 116 cm³/mol. The molecule has 0 spiro atoms. The number of nitrogens with one attached hydrogen (secondary N) is 2. The summed E-state index contributed by atoms with van der Waals surface area (Å²) in [6.45, 7) is 1.38.